The average molecular weight is 272 g/mol. The van der Waals surface area contributed by atoms with Crippen LogP contribution < -0.4 is 10.6 Å². The van der Waals surface area contributed by atoms with E-state index in [1.54, 1.807) is 0 Å². The molecule has 0 fully saturated rings. The smallest absolute Gasteiger partial charge is 0.326 e. The third-order valence-electron chi connectivity index (χ3n) is 2.30. The summed E-state index contributed by atoms with van der Waals surface area (Å²) in [6.45, 7) is 1.96. The molecule has 0 heterocycles. The summed E-state index contributed by atoms with van der Waals surface area (Å²) in [6, 6.07) is -1.76. The van der Waals surface area contributed by atoms with E-state index in [0.29, 0.717) is 18.6 Å². The fourth-order valence-corrected chi connectivity index (χ4v) is 1.81. The van der Waals surface area contributed by atoms with Crippen molar-refractivity contribution in [1.82, 2.24) is 10.6 Å². The van der Waals surface area contributed by atoms with Gasteiger partial charge in [0.2, 0.25) is 0 Å². The van der Waals surface area contributed by atoms with Crippen molar-refractivity contribution in [3.05, 3.63) is 0 Å². The van der Waals surface area contributed by atoms with Crippen LogP contribution >= 0.6 is 11.8 Å². The zero-order valence-electron chi connectivity index (χ0n) is 10.7. The maximum Gasteiger partial charge on any atom is 0.326 e. The van der Waals surface area contributed by atoms with Gasteiger partial charge in [-0.2, -0.15) is 11.8 Å². The molecule has 2 atom stereocenters. The number of carboxylic acids is 1. The second-order valence-electron chi connectivity index (χ2n) is 3.80. The minimum absolute atomic E-state index is 0.356. The van der Waals surface area contributed by atoms with Crippen LogP contribution in [0.2, 0.25) is 0 Å². The minimum Gasteiger partial charge on any atom is -0.480 e. The monoisotopic (exact) mass is 272 g/mol. The molecular formula is C12H20N2O3S. The minimum atomic E-state index is -1.04. The molecule has 3 N–H and O–H groups in total. The van der Waals surface area contributed by atoms with Crippen LogP contribution in [-0.2, 0) is 4.79 Å². The Hall–Kier alpha value is -1.35. The molecule has 18 heavy (non-hydrogen) atoms. The Bertz CT molecular complexity index is 315. The lowest BCUT2D eigenvalue weighted by Gasteiger charge is -2.17. The normalized spacial score (nSPS) is 13.2. The summed E-state index contributed by atoms with van der Waals surface area (Å²) in [5, 5.41) is 13.9. The fraction of sp³-hybridized carbons (Fsp3) is 0.667. The highest BCUT2D eigenvalue weighted by Crippen LogP contribution is 2.01. The highest BCUT2D eigenvalue weighted by Gasteiger charge is 2.20. The van der Waals surface area contributed by atoms with Crippen LogP contribution in [-0.4, -0.2) is 41.2 Å². The van der Waals surface area contributed by atoms with Crippen LogP contribution in [0.5, 0.6) is 0 Å². The fourth-order valence-electron chi connectivity index (χ4n) is 1.34. The van der Waals surface area contributed by atoms with E-state index in [1.165, 1.54) is 11.8 Å². The van der Waals surface area contributed by atoms with E-state index in [9.17, 15) is 9.59 Å². The Morgan fingerprint density at radius 1 is 1.39 bits per heavy atom. The highest BCUT2D eigenvalue weighted by molar-refractivity contribution is 7.98. The zero-order chi connectivity index (χ0) is 14.0. The Labute approximate surface area is 112 Å². The Balaban J connectivity index is 4.24. The second-order valence-corrected chi connectivity index (χ2v) is 4.78. The van der Waals surface area contributed by atoms with Gasteiger partial charge in [-0.15, -0.1) is 6.42 Å². The van der Waals surface area contributed by atoms with Crippen molar-refractivity contribution in [3.8, 4) is 12.3 Å². The van der Waals surface area contributed by atoms with E-state index in [4.69, 9.17) is 11.5 Å². The third kappa shape index (κ3) is 7.07. The summed E-state index contributed by atoms with van der Waals surface area (Å²) >= 11 is 1.53. The summed E-state index contributed by atoms with van der Waals surface area (Å²) in [5.74, 6) is 2.09. The number of urea groups is 1. The van der Waals surface area contributed by atoms with Crippen molar-refractivity contribution in [3.63, 3.8) is 0 Å². The molecule has 6 heteroatoms. The van der Waals surface area contributed by atoms with Gasteiger partial charge in [-0.05, 0) is 24.9 Å². The van der Waals surface area contributed by atoms with E-state index in [0.717, 1.165) is 6.42 Å². The first-order valence-electron chi connectivity index (χ1n) is 5.80. The van der Waals surface area contributed by atoms with Gasteiger partial charge in [-0.3, -0.25) is 0 Å². The van der Waals surface area contributed by atoms with E-state index >= 15 is 0 Å². The number of aliphatic carboxylic acids is 1. The number of terminal acetylenes is 1. The molecule has 0 aromatic carbocycles. The lowest BCUT2D eigenvalue weighted by molar-refractivity contribution is -0.139. The molecule has 0 rings (SSSR count). The number of carbonyl (C=O) groups excluding carboxylic acids is 1. The van der Waals surface area contributed by atoms with Crippen LogP contribution in [0.1, 0.15) is 26.2 Å². The lowest BCUT2D eigenvalue weighted by Crippen LogP contribution is -2.48. The van der Waals surface area contributed by atoms with Gasteiger partial charge < -0.3 is 15.7 Å². The van der Waals surface area contributed by atoms with Crippen LogP contribution in [0.15, 0.2) is 0 Å². The van der Waals surface area contributed by atoms with Crippen molar-refractivity contribution >= 4 is 23.8 Å². The highest BCUT2D eigenvalue weighted by atomic mass is 32.2. The number of carbonyl (C=O) groups is 2. The summed E-state index contributed by atoms with van der Waals surface area (Å²) in [7, 11) is 0. The van der Waals surface area contributed by atoms with Crippen LogP contribution in [0.4, 0.5) is 4.79 Å². The first-order valence-corrected chi connectivity index (χ1v) is 7.19. The van der Waals surface area contributed by atoms with E-state index in [1.807, 2.05) is 13.2 Å². The molecule has 2 amide bonds. The van der Waals surface area contributed by atoms with Crippen molar-refractivity contribution in [1.29, 1.82) is 0 Å². The molecule has 0 bridgehead atoms. The molecule has 0 aliphatic heterocycles. The predicted octanol–water partition coefficient (Wildman–Crippen LogP) is 1.29. The van der Waals surface area contributed by atoms with Crippen molar-refractivity contribution in [2.75, 3.05) is 12.0 Å². The van der Waals surface area contributed by atoms with Crippen LogP contribution in [0.25, 0.3) is 0 Å². The first-order chi connectivity index (χ1) is 8.54. The Kier molecular flexibility index (Phi) is 8.93. The largest absolute Gasteiger partial charge is 0.480 e. The van der Waals surface area contributed by atoms with Gasteiger partial charge in [-0.25, -0.2) is 9.59 Å². The molecule has 0 spiro atoms. The van der Waals surface area contributed by atoms with E-state index in [-0.39, 0.29) is 6.04 Å². The average Bonchev–Trinajstić information content (AvgIpc) is 2.33. The zero-order valence-corrected chi connectivity index (χ0v) is 11.5. The molecule has 0 saturated carbocycles. The first kappa shape index (κ1) is 16.6. The van der Waals surface area contributed by atoms with E-state index < -0.39 is 18.0 Å². The number of thioether (sulfide) groups is 1. The molecular weight excluding hydrogens is 252 g/mol. The van der Waals surface area contributed by atoms with E-state index in [2.05, 4.69) is 16.6 Å². The summed E-state index contributed by atoms with van der Waals surface area (Å²) in [5.41, 5.74) is 0. The van der Waals surface area contributed by atoms with Crippen molar-refractivity contribution < 1.29 is 14.7 Å². The van der Waals surface area contributed by atoms with Crippen LogP contribution in [0, 0.1) is 12.3 Å². The van der Waals surface area contributed by atoms with Gasteiger partial charge >= 0.3 is 12.0 Å². The summed E-state index contributed by atoms with van der Waals surface area (Å²) in [4.78, 5) is 22.5. The van der Waals surface area contributed by atoms with Gasteiger partial charge in [0.15, 0.2) is 0 Å². The SMILES string of the molecule is C#CC(CCC)NC(=O)NC(CCSC)C(=O)O. The van der Waals surface area contributed by atoms with Crippen LogP contribution in [0.3, 0.4) is 0 Å². The molecule has 0 saturated heterocycles. The maximum atomic E-state index is 11.6. The Morgan fingerprint density at radius 2 is 2.06 bits per heavy atom. The molecule has 2 unspecified atom stereocenters. The number of carboxylic acid groups (broad SMARTS) is 1. The maximum absolute atomic E-state index is 11.6. The quantitative estimate of drug-likeness (QED) is 0.582. The lowest BCUT2D eigenvalue weighted by atomic mass is 10.2. The molecule has 0 aromatic heterocycles. The van der Waals surface area contributed by atoms with Gasteiger partial charge in [0.05, 0.1) is 6.04 Å². The van der Waals surface area contributed by atoms with Crippen molar-refractivity contribution in [2.45, 2.75) is 38.3 Å². The summed E-state index contributed by atoms with van der Waals surface area (Å²) in [6.07, 6.45) is 9.06. The number of rotatable bonds is 8. The molecule has 5 nitrogen and oxygen atoms in total. The predicted molar refractivity (Wildman–Crippen MR) is 73.6 cm³/mol. The molecule has 102 valence electrons. The van der Waals surface area contributed by atoms with Gasteiger partial charge in [0, 0.05) is 0 Å². The third-order valence-corrected chi connectivity index (χ3v) is 2.94. The van der Waals surface area contributed by atoms with Gasteiger partial charge in [-0.1, -0.05) is 19.3 Å². The number of amides is 2. The molecule has 0 aliphatic rings. The molecule has 0 radical (unpaired) electrons. The van der Waals surface area contributed by atoms with Gasteiger partial charge in [0.1, 0.15) is 6.04 Å². The summed E-state index contributed by atoms with van der Waals surface area (Å²) < 4.78 is 0. The number of hydrogen-bond donors (Lipinski definition) is 3. The Morgan fingerprint density at radius 3 is 2.50 bits per heavy atom. The van der Waals surface area contributed by atoms with Gasteiger partial charge in [0.25, 0.3) is 0 Å². The molecule has 0 aromatic rings. The molecule has 0 aliphatic carbocycles. The standard InChI is InChI=1S/C12H20N2O3S/c1-4-6-9(5-2)13-12(17)14-10(11(15)16)7-8-18-3/h2,9-10H,4,6-8H2,1,3H3,(H,15,16)(H2,13,14,17). The topological polar surface area (TPSA) is 78.4 Å². The number of nitrogens with one attached hydrogen (secondary N) is 2. The number of hydrogen-bond acceptors (Lipinski definition) is 3. The van der Waals surface area contributed by atoms with Crippen molar-refractivity contribution in [2.24, 2.45) is 0 Å². The second kappa shape index (κ2) is 9.66.